The zero-order valence-corrected chi connectivity index (χ0v) is 35.5. The van der Waals surface area contributed by atoms with E-state index in [0.29, 0.717) is 55.9 Å². The van der Waals surface area contributed by atoms with Gasteiger partial charge in [-0.25, -0.2) is 9.78 Å². The smallest absolute Gasteiger partial charge is 0.386 e. The number of alkyl halides is 3. The van der Waals surface area contributed by atoms with E-state index in [2.05, 4.69) is 25.6 Å². The van der Waals surface area contributed by atoms with Crippen molar-refractivity contribution >= 4 is 63.8 Å². The number of nitrogens with one attached hydrogen (secondary N) is 2. The number of halogens is 3. The van der Waals surface area contributed by atoms with Gasteiger partial charge in [0, 0.05) is 80.5 Å². The summed E-state index contributed by atoms with van der Waals surface area (Å²) in [7, 11) is 0. The maximum atomic E-state index is 13.6. The molecule has 0 saturated carbocycles. The zero-order chi connectivity index (χ0) is 46.2. The van der Waals surface area contributed by atoms with Gasteiger partial charge in [-0.05, 0) is 69.5 Å². The molecular weight excluding hydrogens is 854 g/mol. The number of rotatable bonds is 10. The van der Waals surface area contributed by atoms with E-state index < -0.39 is 58.7 Å². The number of aromatic nitrogens is 3. The van der Waals surface area contributed by atoms with Gasteiger partial charge in [-0.2, -0.15) is 18.3 Å². The lowest BCUT2D eigenvalue weighted by atomic mass is 9.71. The summed E-state index contributed by atoms with van der Waals surface area (Å²) < 4.78 is 41.4. The van der Waals surface area contributed by atoms with Crippen LogP contribution in [-0.4, -0.2) is 139 Å². The number of imide groups is 2. The van der Waals surface area contributed by atoms with E-state index in [1.807, 2.05) is 0 Å². The normalized spacial score (nSPS) is 19.9. The summed E-state index contributed by atoms with van der Waals surface area (Å²) in [5.74, 6) is -3.26. The number of anilines is 2. The van der Waals surface area contributed by atoms with Crippen LogP contribution in [0.3, 0.4) is 0 Å². The largest absolute Gasteiger partial charge is 0.433 e. The van der Waals surface area contributed by atoms with Crippen molar-refractivity contribution in [1.82, 2.24) is 39.7 Å². The Labute approximate surface area is 369 Å². The molecule has 1 spiro atoms. The number of carbonyl (C=O) groups excluding carboxylic acids is 7. The molecule has 8 amide bonds. The average molecular weight is 899 g/mol. The number of carbonyl (C=O) groups is 7. The van der Waals surface area contributed by atoms with Gasteiger partial charge in [0.05, 0.1) is 34.5 Å². The number of aliphatic hydroxyl groups is 1. The minimum atomic E-state index is -4.74. The first-order valence-electron chi connectivity index (χ1n) is 21.3. The van der Waals surface area contributed by atoms with Crippen LogP contribution in [-0.2, 0) is 32.7 Å². The Morgan fingerprint density at radius 2 is 1.65 bits per heavy atom. The van der Waals surface area contributed by atoms with Crippen LogP contribution in [0.4, 0.5) is 29.3 Å². The molecule has 4 fully saturated rings. The van der Waals surface area contributed by atoms with Crippen molar-refractivity contribution in [3.8, 4) is 0 Å². The first-order valence-corrected chi connectivity index (χ1v) is 21.3. The number of pyridine rings is 1. The summed E-state index contributed by atoms with van der Waals surface area (Å²) in [4.78, 5) is 103. The predicted molar refractivity (Wildman–Crippen MR) is 224 cm³/mol. The minimum Gasteiger partial charge on any atom is -0.386 e. The van der Waals surface area contributed by atoms with Crippen molar-refractivity contribution in [1.29, 1.82) is 0 Å². The highest BCUT2D eigenvalue weighted by Gasteiger charge is 2.50. The predicted octanol–water partition coefficient (Wildman–Crippen LogP) is 3.20. The number of hydrogen-bond donors (Lipinski definition) is 3. The van der Waals surface area contributed by atoms with Crippen molar-refractivity contribution in [3.63, 3.8) is 0 Å². The van der Waals surface area contributed by atoms with Crippen LogP contribution in [0.5, 0.6) is 0 Å². The van der Waals surface area contributed by atoms with Crippen molar-refractivity contribution in [3.05, 3.63) is 82.8 Å². The zero-order valence-electron chi connectivity index (χ0n) is 35.5. The molecule has 4 aromatic rings. The number of likely N-dealkylation sites (tertiary alicyclic amines) is 1. The lowest BCUT2D eigenvalue weighted by Crippen LogP contribution is -2.61. The molecule has 7 heterocycles. The fourth-order valence-electron chi connectivity index (χ4n) is 9.47. The first-order chi connectivity index (χ1) is 30.8. The fourth-order valence-corrected chi connectivity index (χ4v) is 9.47. The van der Waals surface area contributed by atoms with Gasteiger partial charge >= 0.3 is 12.2 Å². The molecule has 340 valence electrons. The van der Waals surface area contributed by atoms with Gasteiger partial charge in [0.25, 0.3) is 17.7 Å². The van der Waals surface area contributed by atoms with Gasteiger partial charge in [0.15, 0.2) is 0 Å². The molecule has 1 atom stereocenters. The van der Waals surface area contributed by atoms with Crippen LogP contribution in [0.1, 0.15) is 82.0 Å². The van der Waals surface area contributed by atoms with E-state index in [1.54, 1.807) is 51.0 Å². The quantitative estimate of drug-likeness (QED) is 0.197. The molecule has 18 nitrogen and oxygen atoms in total. The third-order valence-corrected chi connectivity index (χ3v) is 13.0. The van der Waals surface area contributed by atoms with E-state index >= 15 is 0 Å². The van der Waals surface area contributed by atoms with E-state index in [4.69, 9.17) is 0 Å². The van der Waals surface area contributed by atoms with Gasteiger partial charge in [-0.3, -0.25) is 43.7 Å². The van der Waals surface area contributed by atoms with Crippen molar-refractivity contribution in [2.24, 2.45) is 5.41 Å². The summed E-state index contributed by atoms with van der Waals surface area (Å²) in [5, 5.41) is 20.9. The second-order valence-corrected chi connectivity index (χ2v) is 17.8. The highest BCUT2D eigenvalue weighted by Crippen LogP contribution is 2.45. The molecule has 0 bridgehead atoms. The number of amides is 8. The van der Waals surface area contributed by atoms with E-state index in [0.717, 1.165) is 35.9 Å². The molecule has 65 heavy (non-hydrogen) atoms. The topological polar surface area (TPSA) is 211 Å². The van der Waals surface area contributed by atoms with E-state index in [-0.39, 0.29) is 72.2 Å². The van der Waals surface area contributed by atoms with Gasteiger partial charge in [0.1, 0.15) is 24.0 Å². The van der Waals surface area contributed by atoms with Crippen LogP contribution in [0.2, 0.25) is 0 Å². The molecule has 2 aromatic carbocycles. The SMILES string of the molecule is CC(C)(O)c1cc2nn(CCN3CCN(CC(=O)N4CCC5(CC4)CN(c4cccc6c4C(=O)N(C4CCC(=O)NC4=O)C6=O)C5)C3=O)cc2cc1NC(=O)c1cccc(C(F)(F)F)n1. The van der Waals surface area contributed by atoms with Crippen molar-refractivity contribution in [2.45, 2.75) is 63.9 Å². The summed E-state index contributed by atoms with van der Waals surface area (Å²) >= 11 is 0. The van der Waals surface area contributed by atoms with Gasteiger partial charge in [0.2, 0.25) is 17.7 Å². The van der Waals surface area contributed by atoms with Gasteiger partial charge in [-0.1, -0.05) is 12.1 Å². The summed E-state index contributed by atoms with van der Waals surface area (Å²) in [5.41, 5.74) is -1.23. The lowest BCUT2D eigenvalue weighted by molar-refractivity contribution is -0.141. The monoisotopic (exact) mass is 898 g/mol. The molecule has 5 aliphatic heterocycles. The highest BCUT2D eigenvalue weighted by atomic mass is 19.4. The van der Waals surface area contributed by atoms with Gasteiger partial charge < -0.3 is 30.0 Å². The Morgan fingerprint density at radius 3 is 2.35 bits per heavy atom. The molecule has 9 rings (SSSR count). The fraction of sp³-hybridized carbons (Fsp3) is 0.432. The van der Waals surface area contributed by atoms with Crippen molar-refractivity contribution in [2.75, 3.05) is 62.6 Å². The third kappa shape index (κ3) is 8.12. The van der Waals surface area contributed by atoms with E-state index in [9.17, 15) is 51.8 Å². The van der Waals surface area contributed by atoms with Crippen LogP contribution in [0.25, 0.3) is 10.9 Å². The second kappa shape index (κ2) is 16.0. The second-order valence-electron chi connectivity index (χ2n) is 17.8. The molecule has 4 saturated heterocycles. The molecule has 5 aliphatic rings. The van der Waals surface area contributed by atoms with Crippen LogP contribution < -0.4 is 15.5 Å². The summed E-state index contributed by atoms with van der Waals surface area (Å²) in [6.07, 6.45) is -1.50. The number of nitrogens with zero attached hydrogens (tertiary/aromatic N) is 8. The summed E-state index contributed by atoms with van der Waals surface area (Å²) in [6.45, 7) is 6.50. The Bertz CT molecular complexity index is 2680. The molecule has 2 aromatic heterocycles. The Hall–Kier alpha value is -6.90. The van der Waals surface area contributed by atoms with Crippen LogP contribution in [0, 0.1) is 5.41 Å². The first kappa shape index (κ1) is 43.4. The van der Waals surface area contributed by atoms with Gasteiger partial charge in [-0.15, -0.1) is 0 Å². The molecule has 1 unspecified atom stereocenters. The molecular formula is C44H45F3N10O8. The van der Waals surface area contributed by atoms with Crippen LogP contribution >= 0.6 is 0 Å². The molecule has 0 radical (unpaired) electrons. The Kier molecular flexibility index (Phi) is 10.6. The molecule has 21 heteroatoms. The number of hydrogen-bond acceptors (Lipinski definition) is 11. The minimum absolute atomic E-state index is 0.0343. The third-order valence-electron chi connectivity index (χ3n) is 13.0. The maximum absolute atomic E-state index is 13.6. The van der Waals surface area contributed by atoms with Crippen molar-refractivity contribution < 1.29 is 51.8 Å². The van der Waals surface area contributed by atoms with E-state index in [1.165, 1.54) is 18.7 Å². The number of urea groups is 1. The van der Waals surface area contributed by atoms with Crippen LogP contribution in [0.15, 0.2) is 54.7 Å². The standard InChI is InChI=1S/C44H45F3N10O8/c1-42(2,65)27-20-29-25(19-30(27)49-37(60)28-6-4-8-33(48-28)44(45,46)47)21-56(51-29)18-17-53-15-16-54(41(53)64)22-35(59)52-13-11-43(12-14-52)23-55(24-43)31-7-3-5-26-36(31)40(63)57(39(26)62)32-9-10-34(58)50-38(32)61/h3-8,19-21,32,65H,9-18,22-24H2,1-2H3,(H,49,60)(H,50,58,61). The number of benzene rings is 2. The average Bonchev–Trinajstić information content (AvgIpc) is 3.89. The number of fused-ring (bicyclic) bond motifs is 2. The Morgan fingerprint density at radius 1 is 0.923 bits per heavy atom. The maximum Gasteiger partial charge on any atom is 0.433 e. The Balaban J connectivity index is 0.770. The summed E-state index contributed by atoms with van der Waals surface area (Å²) in [6, 6.07) is 9.90. The lowest BCUT2D eigenvalue weighted by Gasteiger charge is -2.55. The molecule has 0 aliphatic carbocycles. The molecule has 3 N–H and O–H groups in total. The highest BCUT2D eigenvalue weighted by molar-refractivity contribution is 6.25. The number of piperidine rings is 2.